The molecule has 7 nitrogen and oxygen atoms in total. The molecule has 2 aromatic rings. The monoisotopic (exact) mass is 428 g/mol. The van der Waals surface area contributed by atoms with Crippen LogP contribution in [0.3, 0.4) is 0 Å². The number of methoxy groups -OCH3 is 1. The zero-order valence-electron chi connectivity index (χ0n) is 14.0. The number of nitrogens with zero attached hydrogens (tertiary/aromatic N) is 1. The van der Waals surface area contributed by atoms with Crippen LogP contribution in [-0.4, -0.2) is 30.0 Å². The fraction of sp³-hybridized carbons (Fsp3) is 0.105. The molecule has 1 unspecified atom stereocenters. The summed E-state index contributed by atoms with van der Waals surface area (Å²) in [4.78, 5) is 39.8. The molecule has 2 aromatic carbocycles. The van der Waals surface area contributed by atoms with Gasteiger partial charge in [0.15, 0.2) is 11.3 Å². The van der Waals surface area contributed by atoms with Crippen molar-refractivity contribution in [3.63, 3.8) is 0 Å². The van der Waals surface area contributed by atoms with Crippen LogP contribution in [0.5, 0.6) is 0 Å². The number of nitrogens with one attached hydrogen (secondary N) is 1. The van der Waals surface area contributed by atoms with Gasteiger partial charge < -0.3 is 15.2 Å². The van der Waals surface area contributed by atoms with E-state index in [1.807, 2.05) is 0 Å². The molecule has 2 aliphatic heterocycles. The Hall–Kier alpha value is -3.13. The number of hydrogen-bond donors (Lipinski definition) is 2. The molecule has 4 rings (SSSR count). The lowest BCUT2D eigenvalue weighted by atomic mass is 9.83. The van der Waals surface area contributed by atoms with Gasteiger partial charge >= 0.3 is 5.97 Å². The number of hydrogen-bond acceptors (Lipinski definition) is 5. The largest absolute Gasteiger partial charge is 0.503 e. The van der Waals surface area contributed by atoms with Gasteiger partial charge in [0.2, 0.25) is 0 Å². The summed E-state index contributed by atoms with van der Waals surface area (Å²) in [5, 5.41) is 13.2. The number of halogens is 1. The van der Waals surface area contributed by atoms with Crippen molar-refractivity contribution < 1.29 is 24.2 Å². The molecule has 0 saturated carbocycles. The second-order valence-corrected chi connectivity index (χ2v) is 6.96. The van der Waals surface area contributed by atoms with Crippen molar-refractivity contribution in [3.05, 3.63) is 69.9 Å². The van der Waals surface area contributed by atoms with Crippen LogP contribution >= 0.6 is 15.9 Å². The highest BCUT2D eigenvalue weighted by Crippen LogP contribution is 2.52. The smallest absolute Gasteiger partial charge is 0.341 e. The van der Waals surface area contributed by atoms with Crippen molar-refractivity contribution in [2.24, 2.45) is 0 Å². The van der Waals surface area contributed by atoms with Gasteiger partial charge in [0.1, 0.15) is 5.57 Å². The molecule has 0 saturated heterocycles. The maximum Gasteiger partial charge on any atom is 0.341 e. The second kappa shape index (κ2) is 5.95. The van der Waals surface area contributed by atoms with Crippen LogP contribution in [0.4, 0.5) is 11.4 Å². The number of benzene rings is 2. The lowest BCUT2D eigenvalue weighted by Gasteiger charge is -2.34. The quantitative estimate of drug-likeness (QED) is 0.716. The molecule has 2 heterocycles. The van der Waals surface area contributed by atoms with Gasteiger partial charge in [-0.3, -0.25) is 14.5 Å². The minimum Gasteiger partial charge on any atom is -0.503 e. The van der Waals surface area contributed by atoms with Crippen LogP contribution < -0.4 is 10.2 Å². The number of esters is 1. The maximum absolute atomic E-state index is 13.2. The molecule has 8 heteroatoms. The van der Waals surface area contributed by atoms with Gasteiger partial charge in [-0.2, -0.15) is 0 Å². The Morgan fingerprint density at radius 3 is 2.48 bits per heavy atom. The zero-order chi connectivity index (χ0) is 19.3. The number of amides is 2. The van der Waals surface area contributed by atoms with E-state index < -0.39 is 34.7 Å². The molecule has 1 spiro atoms. The van der Waals surface area contributed by atoms with Gasteiger partial charge in [0, 0.05) is 21.4 Å². The fourth-order valence-corrected chi connectivity index (χ4v) is 3.87. The van der Waals surface area contributed by atoms with Crippen LogP contribution in [-0.2, 0) is 24.7 Å². The van der Waals surface area contributed by atoms with E-state index in [-0.39, 0.29) is 0 Å². The summed E-state index contributed by atoms with van der Waals surface area (Å²) < 4.78 is 5.55. The zero-order valence-corrected chi connectivity index (χ0v) is 15.6. The predicted octanol–water partition coefficient (Wildman–Crippen LogP) is 2.63. The molecular weight excluding hydrogens is 416 g/mol. The van der Waals surface area contributed by atoms with Gasteiger partial charge in [-0.15, -0.1) is 0 Å². The number of anilines is 2. The lowest BCUT2D eigenvalue weighted by Crippen LogP contribution is -2.52. The Labute approximate surface area is 162 Å². The Kier molecular flexibility index (Phi) is 3.81. The Bertz CT molecular complexity index is 1030. The third kappa shape index (κ3) is 2.16. The summed E-state index contributed by atoms with van der Waals surface area (Å²) in [6.07, 6.45) is 0. The topological polar surface area (TPSA) is 95.9 Å². The highest BCUT2D eigenvalue weighted by molar-refractivity contribution is 9.10. The Morgan fingerprint density at radius 1 is 1.15 bits per heavy atom. The number of fused-ring (bicyclic) bond motifs is 2. The average molecular weight is 429 g/mol. The first-order chi connectivity index (χ1) is 12.9. The first-order valence-electron chi connectivity index (χ1n) is 7.96. The van der Waals surface area contributed by atoms with Crippen molar-refractivity contribution in [2.75, 3.05) is 17.3 Å². The van der Waals surface area contributed by atoms with Gasteiger partial charge in [0.25, 0.3) is 11.8 Å². The summed E-state index contributed by atoms with van der Waals surface area (Å²) in [7, 11) is 1.13. The number of aliphatic hydroxyl groups excluding tert-OH is 1. The van der Waals surface area contributed by atoms with Gasteiger partial charge in [-0.05, 0) is 30.3 Å². The molecular formula is C19H13BrN2O5. The minimum absolute atomic E-state index is 0.348. The summed E-state index contributed by atoms with van der Waals surface area (Å²) in [5.74, 6) is -3.24. The SMILES string of the molecule is COC(=O)C1=C(O)C(=O)N(c2ccc(Br)cc2)C12C(=O)Nc1ccccc12. The molecule has 0 aliphatic carbocycles. The molecule has 2 N–H and O–H groups in total. The van der Waals surface area contributed by atoms with Crippen LogP contribution in [0.15, 0.2) is 64.3 Å². The van der Waals surface area contributed by atoms with Gasteiger partial charge in [-0.1, -0.05) is 34.1 Å². The first-order valence-corrected chi connectivity index (χ1v) is 8.75. The average Bonchev–Trinajstić information content (AvgIpc) is 3.08. The molecule has 0 bridgehead atoms. The van der Waals surface area contributed by atoms with E-state index in [0.29, 0.717) is 16.9 Å². The highest BCUT2D eigenvalue weighted by Gasteiger charge is 2.65. The summed E-state index contributed by atoms with van der Waals surface area (Å²) in [6, 6.07) is 13.3. The maximum atomic E-state index is 13.2. The normalized spacial score (nSPS) is 20.9. The molecule has 2 aliphatic rings. The molecule has 0 fully saturated rings. The van der Waals surface area contributed by atoms with E-state index in [1.54, 1.807) is 48.5 Å². The van der Waals surface area contributed by atoms with Crippen molar-refractivity contribution in [2.45, 2.75) is 5.54 Å². The van der Waals surface area contributed by atoms with Crippen molar-refractivity contribution in [3.8, 4) is 0 Å². The number of aliphatic hydroxyl groups is 1. The standard InChI is InChI=1S/C19H13BrN2O5/c1-27-17(25)14-15(23)16(24)22(11-8-6-10(20)7-9-11)19(14)12-4-2-3-5-13(12)21-18(19)26/h2-9,23H,1H3,(H,21,26). The van der Waals surface area contributed by atoms with Crippen LogP contribution in [0.2, 0.25) is 0 Å². The Morgan fingerprint density at radius 2 is 1.81 bits per heavy atom. The molecule has 0 radical (unpaired) electrons. The van der Waals surface area contributed by atoms with Crippen LogP contribution in [0, 0.1) is 0 Å². The first kappa shape index (κ1) is 17.3. The van der Waals surface area contributed by atoms with Gasteiger partial charge in [-0.25, -0.2) is 4.79 Å². The third-order valence-electron chi connectivity index (χ3n) is 4.71. The van der Waals surface area contributed by atoms with Crippen molar-refractivity contribution in [1.82, 2.24) is 0 Å². The molecule has 0 aromatic heterocycles. The van der Waals surface area contributed by atoms with Crippen molar-refractivity contribution in [1.29, 1.82) is 0 Å². The van der Waals surface area contributed by atoms with Crippen LogP contribution in [0.25, 0.3) is 0 Å². The van der Waals surface area contributed by atoms with E-state index in [1.165, 1.54) is 0 Å². The summed E-state index contributed by atoms with van der Waals surface area (Å²) >= 11 is 3.32. The highest BCUT2D eigenvalue weighted by atomic mass is 79.9. The molecule has 27 heavy (non-hydrogen) atoms. The van der Waals surface area contributed by atoms with E-state index in [0.717, 1.165) is 16.5 Å². The van der Waals surface area contributed by atoms with E-state index in [4.69, 9.17) is 4.74 Å². The third-order valence-corrected chi connectivity index (χ3v) is 5.24. The number of carbonyl (C=O) groups excluding carboxylic acids is 3. The molecule has 136 valence electrons. The minimum atomic E-state index is -1.85. The van der Waals surface area contributed by atoms with Gasteiger partial charge in [0.05, 0.1) is 7.11 Å². The predicted molar refractivity (Wildman–Crippen MR) is 100 cm³/mol. The van der Waals surface area contributed by atoms with E-state index in [9.17, 15) is 19.5 Å². The molecule has 1 atom stereocenters. The second-order valence-electron chi connectivity index (χ2n) is 6.04. The lowest BCUT2D eigenvalue weighted by molar-refractivity contribution is -0.138. The number of carbonyl (C=O) groups is 3. The molecule has 2 amide bonds. The number of rotatable bonds is 2. The van der Waals surface area contributed by atoms with Crippen LogP contribution in [0.1, 0.15) is 5.56 Å². The van der Waals surface area contributed by atoms with E-state index >= 15 is 0 Å². The number of ether oxygens (including phenoxy) is 1. The van der Waals surface area contributed by atoms with Crippen molar-refractivity contribution >= 4 is 45.1 Å². The number of para-hydroxylation sites is 1. The summed E-state index contributed by atoms with van der Waals surface area (Å²) in [6.45, 7) is 0. The van der Waals surface area contributed by atoms with E-state index in [2.05, 4.69) is 21.2 Å². The Balaban J connectivity index is 2.06. The summed E-state index contributed by atoms with van der Waals surface area (Å²) in [5.41, 5.74) is -1.07. The fourth-order valence-electron chi connectivity index (χ4n) is 3.61.